The first kappa shape index (κ1) is 29.9. The van der Waals surface area contributed by atoms with Crippen LogP contribution in [0.15, 0.2) is 77.7 Å². The van der Waals surface area contributed by atoms with Crippen molar-refractivity contribution in [2.45, 2.75) is 63.1 Å². The average Bonchev–Trinajstić information content (AvgIpc) is 3.44. The monoisotopic (exact) mass is 601 g/mol. The zero-order chi connectivity index (χ0) is 28.9. The Morgan fingerprint density at radius 1 is 0.975 bits per heavy atom. The number of anilines is 1. The number of aryl methyl sites for hydroxylation is 1. The molecule has 1 fully saturated rings. The second-order valence-electron chi connectivity index (χ2n) is 10.1. The van der Waals surface area contributed by atoms with Crippen molar-refractivity contribution < 1.29 is 18.0 Å². The second-order valence-corrected chi connectivity index (χ2v) is 12.8. The average molecular weight is 603 g/mol. The van der Waals surface area contributed by atoms with Crippen LogP contribution in [-0.4, -0.2) is 43.8 Å². The molecule has 1 N–H and O–H groups in total. The highest BCUT2D eigenvalue weighted by molar-refractivity contribution is 7.92. The molecule has 1 saturated carbocycles. The summed E-state index contributed by atoms with van der Waals surface area (Å²) in [5.41, 5.74) is 1.82. The molecule has 0 saturated heterocycles. The third kappa shape index (κ3) is 7.16. The lowest BCUT2D eigenvalue weighted by atomic mass is 10.1. The number of carbonyl (C=O) groups is 2. The highest BCUT2D eigenvalue weighted by atomic mass is 35.5. The minimum Gasteiger partial charge on any atom is -0.352 e. The molecule has 1 aliphatic carbocycles. The Hall–Kier alpha value is -3.07. The molecule has 0 unspecified atom stereocenters. The molecular formula is C30H33Cl2N3O4S. The fourth-order valence-electron chi connectivity index (χ4n) is 4.83. The van der Waals surface area contributed by atoms with Gasteiger partial charge >= 0.3 is 0 Å². The van der Waals surface area contributed by atoms with Crippen molar-refractivity contribution in [3.8, 4) is 0 Å². The predicted octanol–water partition coefficient (Wildman–Crippen LogP) is 5.97. The molecule has 0 heterocycles. The Morgan fingerprint density at radius 2 is 1.65 bits per heavy atom. The van der Waals surface area contributed by atoms with Gasteiger partial charge < -0.3 is 10.2 Å². The summed E-state index contributed by atoms with van der Waals surface area (Å²) < 4.78 is 28.8. The number of sulfonamides is 1. The fraction of sp³-hybridized carbons (Fsp3) is 0.333. The summed E-state index contributed by atoms with van der Waals surface area (Å²) >= 11 is 12.4. The van der Waals surface area contributed by atoms with Crippen LogP contribution in [0.3, 0.4) is 0 Å². The molecule has 212 valence electrons. The fourth-order valence-corrected chi connectivity index (χ4v) is 6.56. The van der Waals surface area contributed by atoms with Crippen LogP contribution in [0.1, 0.15) is 43.7 Å². The minimum absolute atomic E-state index is 0.00381. The Morgan fingerprint density at radius 3 is 2.30 bits per heavy atom. The van der Waals surface area contributed by atoms with Crippen molar-refractivity contribution in [3.63, 3.8) is 0 Å². The number of carbonyl (C=O) groups excluding carboxylic acids is 2. The molecule has 3 aromatic carbocycles. The number of nitrogens with one attached hydrogen (secondary N) is 1. The van der Waals surface area contributed by atoms with Crippen LogP contribution in [0.5, 0.6) is 0 Å². The van der Waals surface area contributed by atoms with Crippen molar-refractivity contribution in [1.82, 2.24) is 10.2 Å². The second kappa shape index (κ2) is 13.1. The smallest absolute Gasteiger partial charge is 0.264 e. The van der Waals surface area contributed by atoms with Gasteiger partial charge in [-0.2, -0.15) is 0 Å². The molecule has 4 rings (SSSR count). The predicted molar refractivity (Wildman–Crippen MR) is 159 cm³/mol. The van der Waals surface area contributed by atoms with Gasteiger partial charge in [-0.15, -0.1) is 0 Å². The summed E-state index contributed by atoms with van der Waals surface area (Å²) in [5, 5.41) is 3.90. The summed E-state index contributed by atoms with van der Waals surface area (Å²) in [4.78, 5) is 28.7. The number of benzene rings is 3. The molecule has 0 aromatic heterocycles. The number of hydrogen-bond donors (Lipinski definition) is 1. The Labute approximate surface area is 246 Å². The lowest BCUT2D eigenvalue weighted by Crippen LogP contribution is -2.52. The number of amides is 2. The lowest BCUT2D eigenvalue weighted by Gasteiger charge is -2.32. The maximum absolute atomic E-state index is 14.0. The maximum Gasteiger partial charge on any atom is 0.264 e. The zero-order valence-corrected chi connectivity index (χ0v) is 24.8. The van der Waals surface area contributed by atoms with E-state index in [9.17, 15) is 18.0 Å². The molecule has 3 aromatic rings. The van der Waals surface area contributed by atoms with E-state index < -0.39 is 28.5 Å². The molecule has 0 spiro atoms. The van der Waals surface area contributed by atoms with E-state index in [4.69, 9.17) is 23.2 Å². The Kier molecular flexibility index (Phi) is 9.77. The van der Waals surface area contributed by atoms with Crippen molar-refractivity contribution >= 4 is 50.7 Å². The van der Waals surface area contributed by atoms with Crippen LogP contribution in [0.4, 0.5) is 5.69 Å². The van der Waals surface area contributed by atoms with Crippen molar-refractivity contribution in [1.29, 1.82) is 0 Å². The van der Waals surface area contributed by atoms with E-state index in [0.717, 1.165) is 35.6 Å². The summed E-state index contributed by atoms with van der Waals surface area (Å²) in [6.45, 7) is 3.03. The van der Waals surface area contributed by atoms with Crippen LogP contribution in [0.2, 0.25) is 10.0 Å². The minimum atomic E-state index is -4.16. The van der Waals surface area contributed by atoms with E-state index in [0.29, 0.717) is 21.3 Å². The standard InChI is InChI=1S/C30H33Cl2N3O4S/c1-21-8-7-12-26(18-21)35(40(38,39)27-16-14-24(31)15-17-27)20-29(36)34(19-23-9-3-6-13-28(23)32)22(2)30(37)33-25-10-4-5-11-25/h3,6-9,12-18,22,25H,4-5,10-11,19-20H2,1-2H3,(H,33,37)/t22-/m0/s1. The molecule has 7 nitrogen and oxygen atoms in total. The van der Waals surface area contributed by atoms with Gasteiger partial charge in [0.25, 0.3) is 10.0 Å². The molecule has 40 heavy (non-hydrogen) atoms. The first-order valence-corrected chi connectivity index (χ1v) is 15.4. The summed E-state index contributed by atoms with van der Waals surface area (Å²) in [6.07, 6.45) is 3.90. The molecule has 1 aliphatic rings. The van der Waals surface area contributed by atoms with Crippen LogP contribution < -0.4 is 9.62 Å². The molecule has 0 radical (unpaired) electrons. The van der Waals surface area contributed by atoms with Crippen molar-refractivity contribution in [3.05, 3.63) is 94.0 Å². The van der Waals surface area contributed by atoms with E-state index in [1.807, 2.05) is 13.0 Å². The third-order valence-corrected chi connectivity index (χ3v) is 9.55. The largest absolute Gasteiger partial charge is 0.352 e. The highest BCUT2D eigenvalue weighted by Crippen LogP contribution is 2.27. The first-order chi connectivity index (χ1) is 19.1. The van der Waals surface area contributed by atoms with Crippen LogP contribution in [0, 0.1) is 6.92 Å². The number of rotatable bonds is 10. The van der Waals surface area contributed by atoms with Crippen molar-refractivity contribution in [2.75, 3.05) is 10.8 Å². The van der Waals surface area contributed by atoms with Gasteiger partial charge in [0.15, 0.2) is 0 Å². The molecule has 10 heteroatoms. The maximum atomic E-state index is 14.0. The van der Waals surface area contributed by atoms with Gasteiger partial charge in [-0.3, -0.25) is 13.9 Å². The SMILES string of the molecule is Cc1cccc(N(CC(=O)N(Cc2ccccc2Cl)[C@@H](C)C(=O)NC2CCCC2)S(=O)(=O)c2ccc(Cl)cc2)c1. The van der Waals surface area contributed by atoms with Crippen molar-refractivity contribution in [2.24, 2.45) is 0 Å². The van der Waals surface area contributed by atoms with Gasteiger partial charge in [0, 0.05) is 22.6 Å². The van der Waals surface area contributed by atoms with Gasteiger partial charge in [0.05, 0.1) is 10.6 Å². The molecule has 1 atom stereocenters. The van der Waals surface area contributed by atoms with Crippen LogP contribution in [-0.2, 0) is 26.2 Å². The van der Waals surface area contributed by atoms with Crippen LogP contribution >= 0.6 is 23.2 Å². The zero-order valence-electron chi connectivity index (χ0n) is 22.5. The summed E-state index contributed by atoms with van der Waals surface area (Å²) in [6, 6.07) is 19.0. The molecule has 0 aliphatic heterocycles. The first-order valence-electron chi connectivity index (χ1n) is 13.2. The number of hydrogen-bond acceptors (Lipinski definition) is 4. The van der Waals surface area contributed by atoms with E-state index in [1.54, 1.807) is 49.4 Å². The molecule has 0 bridgehead atoms. The molecule has 2 amide bonds. The topological polar surface area (TPSA) is 86.8 Å². The third-order valence-electron chi connectivity index (χ3n) is 7.14. The van der Waals surface area contributed by atoms with Gasteiger partial charge in [-0.05, 0) is 80.3 Å². The van der Waals surface area contributed by atoms with Gasteiger partial charge in [-0.1, -0.05) is 66.4 Å². The van der Waals surface area contributed by atoms with E-state index >= 15 is 0 Å². The summed E-state index contributed by atoms with van der Waals surface area (Å²) in [5.74, 6) is -0.817. The highest BCUT2D eigenvalue weighted by Gasteiger charge is 2.33. The Balaban J connectivity index is 1.69. The van der Waals surface area contributed by atoms with Gasteiger partial charge in [0.2, 0.25) is 11.8 Å². The van der Waals surface area contributed by atoms with Crippen LogP contribution in [0.25, 0.3) is 0 Å². The lowest BCUT2D eigenvalue weighted by molar-refractivity contribution is -0.139. The summed E-state index contributed by atoms with van der Waals surface area (Å²) in [7, 11) is -4.16. The van der Waals surface area contributed by atoms with E-state index in [1.165, 1.54) is 29.2 Å². The van der Waals surface area contributed by atoms with Gasteiger partial charge in [-0.25, -0.2) is 8.42 Å². The number of nitrogens with zero attached hydrogens (tertiary/aromatic N) is 2. The molecular weight excluding hydrogens is 569 g/mol. The van der Waals surface area contributed by atoms with Gasteiger partial charge in [0.1, 0.15) is 12.6 Å². The Bertz CT molecular complexity index is 1460. The number of halogens is 2. The normalized spacial score (nSPS) is 14.5. The van der Waals surface area contributed by atoms with E-state index in [2.05, 4.69) is 5.32 Å². The van der Waals surface area contributed by atoms with E-state index in [-0.39, 0.29) is 23.4 Å². The quantitative estimate of drug-likeness (QED) is 0.310.